The van der Waals surface area contributed by atoms with Crippen molar-refractivity contribution in [3.63, 3.8) is 0 Å². The monoisotopic (exact) mass is 362 g/mol. The van der Waals surface area contributed by atoms with Crippen molar-refractivity contribution >= 4 is 5.91 Å². The normalized spacial score (nSPS) is 15.8. The highest BCUT2D eigenvalue weighted by molar-refractivity contribution is 5.96. The van der Waals surface area contributed by atoms with Crippen molar-refractivity contribution in [1.82, 2.24) is 14.7 Å². The van der Waals surface area contributed by atoms with E-state index in [1.165, 1.54) is 19.3 Å². The topological polar surface area (TPSA) is 73.3 Å². The van der Waals surface area contributed by atoms with Gasteiger partial charge in [0, 0.05) is 17.3 Å². The molecule has 0 spiro atoms. The van der Waals surface area contributed by atoms with Gasteiger partial charge in [-0.2, -0.15) is 4.98 Å². The van der Waals surface area contributed by atoms with E-state index in [0.29, 0.717) is 28.8 Å². The lowest BCUT2D eigenvalue weighted by atomic mass is 9.96. The van der Waals surface area contributed by atoms with E-state index in [0.717, 1.165) is 18.4 Å². The van der Waals surface area contributed by atoms with E-state index >= 15 is 0 Å². The molecule has 0 N–H and O–H groups in total. The summed E-state index contributed by atoms with van der Waals surface area (Å²) in [4.78, 5) is 22.1. The molecule has 0 unspecified atom stereocenters. The Balaban J connectivity index is 1.62. The molecule has 4 rings (SSSR count). The molecule has 0 bridgehead atoms. The molecule has 1 aromatic carbocycles. The zero-order valence-corrected chi connectivity index (χ0v) is 15.3. The molecule has 6 nitrogen and oxygen atoms in total. The lowest BCUT2D eigenvalue weighted by Crippen LogP contribution is -2.29. The largest absolute Gasteiger partial charge is 0.334 e. The number of rotatable bonds is 3. The third-order valence-electron chi connectivity index (χ3n) is 4.85. The fourth-order valence-electron chi connectivity index (χ4n) is 3.42. The van der Waals surface area contributed by atoms with Crippen molar-refractivity contribution in [2.75, 3.05) is 0 Å². The van der Waals surface area contributed by atoms with E-state index in [1.54, 1.807) is 29.8 Å². The maximum atomic E-state index is 13.0. The number of aromatic nitrogens is 3. The van der Waals surface area contributed by atoms with Crippen LogP contribution in [0.25, 0.3) is 11.5 Å². The smallest absolute Gasteiger partial charge is 0.263 e. The summed E-state index contributed by atoms with van der Waals surface area (Å²) in [7, 11) is 0. The molecule has 1 saturated carbocycles. The van der Waals surface area contributed by atoms with Gasteiger partial charge < -0.3 is 4.52 Å². The van der Waals surface area contributed by atoms with Crippen LogP contribution >= 0.6 is 0 Å². The van der Waals surface area contributed by atoms with Crippen LogP contribution in [-0.4, -0.2) is 26.7 Å². The van der Waals surface area contributed by atoms with Crippen molar-refractivity contribution in [3.05, 3.63) is 65.5 Å². The predicted octanol–water partition coefficient (Wildman–Crippen LogP) is 3.77. The van der Waals surface area contributed by atoms with Gasteiger partial charge in [0.1, 0.15) is 5.49 Å². The summed E-state index contributed by atoms with van der Waals surface area (Å²) in [6, 6.07) is 13.2. The summed E-state index contributed by atoms with van der Waals surface area (Å²) < 4.78 is 6.80. The van der Waals surface area contributed by atoms with Crippen LogP contribution in [0.5, 0.6) is 0 Å². The number of nitrogens with zero attached hydrogens (tertiary/aromatic N) is 4. The van der Waals surface area contributed by atoms with Crippen molar-refractivity contribution in [3.8, 4) is 11.5 Å². The molecule has 27 heavy (non-hydrogen) atoms. The highest BCUT2D eigenvalue weighted by Crippen LogP contribution is 2.20. The van der Waals surface area contributed by atoms with E-state index in [-0.39, 0.29) is 5.91 Å². The lowest BCUT2D eigenvalue weighted by molar-refractivity contribution is 0.0954. The van der Waals surface area contributed by atoms with Crippen molar-refractivity contribution in [2.45, 2.75) is 45.1 Å². The number of carbonyl (C=O) groups is 1. The molecule has 3 aromatic rings. The Labute approximate surface area is 157 Å². The predicted molar refractivity (Wildman–Crippen MR) is 101 cm³/mol. The first-order valence-electron chi connectivity index (χ1n) is 9.38. The summed E-state index contributed by atoms with van der Waals surface area (Å²) in [6.07, 6.45) is 7.69. The Morgan fingerprint density at radius 3 is 2.59 bits per heavy atom. The average Bonchev–Trinajstić information content (AvgIpc) is 3.15. The number of aryl methyl sites for hydroxylation is 1. The molecular formula is C21H22N4O2. The van der Waals surface area contributed by atoms with Gasteiger partial charge in [0.15, 0.2) is 5.82 Å². The van der Waals surface area contributed by atoms with Crippen LogP contribution in [0, 0.1) is 6.92 Å². The molecule has 138 valence electrons. The summed E-state index contributed by atoms with van der Waals surface area (Å²) in [6.45, 7) is 1.77. The first kappa shape index (κ1) is 17.4. The van der Waals surface area contributed by atoms with Gasteiger partial charge >= 0.3 is 0 Å². The zero-order valence-electron chi connectivity index (χ0n) is 15.3. The molecule has 6 heteroatoms. The maximum Gasteiger partial charge on any atom is 0.263 e. The van der Waals surface area contributed by atoms with Crippen LogP contribution in [0.3, 0.4) is 0 Å². The maximum absolute atomic E-state index is 13.0. The van der Waals surface area contributed by atoms with Crippen molar-refractivity contribution in [2.24, 2.45) is 4.99 Å². The molecule has 0 amide bonds. The van der Waals surface area contributed by atoms with E-state index in [2.05, 4.69) is 10.1 Å². The Morgan fingerprint density at radius 2 is 1.89 bits per heavy atom. The molecule has 0 radical (unpaired) electrons. The van der Waals surface area contributed by atoms with Crippen LogP contribution in [0.1, 0.15) is 48.3 Å². The Kier molecular flexibility index (Phi) is 4.96. The number of hydrogen-bond acceptors (Lipinski definition) is 5. The first-order valence-corrected chi connectivity index (χ1v) is 9.38. The second-order valence-electron chi connectivity index (χ2n) is 6.88. The van der Waals surface area contributed by atoms with Gasteiger partial charge in [0.25, 0.3) is 11.8 Å². The summed E-state index contributed by atoms with van der Waals surface area (Å²) in [5, 5.41) is 3.80. The van der Waals surface area contributed by atoms with Crippen LogP contribution in [0.2, 0.25) is 0 Å². The highest BCUT2D eigenvalue weighted by atomic mass is 16.5. The number of carbonyl (C=O) groups excluding carboxylic acids is 1. The van der Waals surface area contributed by atoms with Gasteiger partial charge in [0.2, 0.25) is 0 Å². The first-order chi connectivity index (χ1) is 13.2. The van der Waals surface area contributed by atoms with Crippen molar-refractivity contribution < 1.29 is 9.32 Å². The Hall–Kier alpha value is -3.02. The fourth-order valence-corrected chi connectivity index (χ4v) is 3.42. The lowest BCUT2D eigenvalue weighted by Gasteiger charge is -2.17. The van der Waals surface area contributed by atoms with E-state index in [1.807, 2.05) is 30.3 Å². The minimum Gasteiger partial charge on any atom is -0.334 e. The summed E-state index contributed by atoms with van der Waals surface area (Å²) in [5.74, 6) is 0.934. The van der Waals surface area contributed by atoms with E-state index < -0.39 is 0 Å². The quantitative estimate of drug-likeness (QED) is 0.711. The van der Waals surface area contributed by atoms with Crippen LogP contribution < -0.4 is 5.49 Å². The molecule has 1 aliphatic rings. The minimum absolute atomic E-state index is 0.0987. The summed E-state index contributed by atoms with van der Waals surface area (Å²) >= 11 is 0. The molecule has 0 atom stereocenters. The van der Waals surface area contributed by atoms with Gasteiger partial charge in [-0.05, 0) is 56.2 Å². The van der Waals surface area contributed by atoms with Crippen molar-refractivity contribution in [1.29, 1.82) is 0 Å². The van der Waals surface area contributed by atoms with Gasteiger partial charge in [-0.25, -0.2) is 0 Å². The van der Waals surface area contributed by atoms with Crippen LogP contribution in [-0.2, 0) is 0 Å². The SMILES string of the molecule is Cc1noc(-c2ccc(C(=O)n3ccccc3=NC3CCCCC3)cc2)n1. The molecule has 1 fully saturated rings. The van der Waals surface area contributed by atoms with Gasteiger partial charge in [-0.15, -0.1) is 0 Å². The number of hydrogen-bond donors (Lipinski definition) is 0. The number of benzene rings is 1. The third kappa shape index (κ3) is 3.89. The molecular weight excluding hydrogens is 340 g/mol. The molecule has 2 heterocycles. The molecule has 2 aromatic heterocycles. The molecule has 0 aliphatic heterocycles. The van der Waals surface area contributed by atoms with E-state index in [4.69, 9.17) is 9.52 Å². The molecule has 1 aliphatic carbocycles. The van der Waals surface area contributed by atoms with E-state index in [9.17, 15) is 4.79 Å². The minimum atomic E-state index is -0.0987. The van der Waals surface area contributed by atoms with Crippen LogP contribution in [0.4, 0.5) is 0 Å². The van der Waals surface area contributed by atoms with Crippen LogP contribution in [0.15, 0.2) is 58.2 Å². The standard InChI is InChI=1S/C21H22N4O2/c1-15-22-20(27-24-15)16-10-12-17(13-11-16)21(26)25-14-6-5-9-19(25)23-18-7-3-2-4-8-18/h5-6,9-14,18H,2-4,7-8H2,1H3. The fraction of sp³-hybridized carbons (Fsp3) is 0.333. The molecule has 0 saturated heterocycles. The average molecular weight is 362 g/mol. The number of pyridine rings is 1. The van der Waals surface area contributed by atoms with Gasteiger partial charge in [0.05, 0.1) is 6.04 Å². The van der Waals surface area contributed by atoms with Gasteiger partial charge in [-0.3, -0.25) is 14.4 Å². The highest BCUT2D eigenvalue weighted by Gasteiger charge is 2.14. The Morgan fingerprint density at radius 1 is 1.11 bits per heavy atom. The second-order valence-corrected chi connectivity index (χ2v) is 6.88. The second kappa shape index (κ2) is 7.70. The zero-order chi connectivity index (χ0) is 18.6. The third-order valence-corrected chi connectivity index (χ3v) is 4.85. The van der Waals surface area contributed by atoms with Gasteiger partial charge in [-0.1, -0.05) is 30.5 Å². The summed E-state index contributed by atoms with van der Waals surface area (Å²) in [5.41, 5.74) is 2.09. The Bertz CT molecular complexity index is 995.